The third kappa shape index (κ3) is 20.5. The SMILES string of the molecule is C=C[Si](C)(OCCCCCCCCCCCCCCCCC)O[Si](C)(C=C)OC(C)CCCCC. The molecule has 0 aliphatic carbocycles. The summed E-state index contributed by atoms with van der Waals surface area (Å²) in [5, 5.41) is 0. The summed E-state index contributed by atoms with van der Waals surface area (Å²) in [6.07, 6.45) is 25.6. The van der Waals surface area contributed by atoms with Crippen LogP contribution in [0.1, 0.15) is 143 Å². The van der Waals surface area contributed by atoms with Crippen LogP contribution in [0.4, 0.5) is 0 Å². The predicted molar refractivity (Wildman–Crippen MR) is 160 cm³/mol. The molecule has 0 fully saturated rings. The molecule has 0 N–H and O–H groups in total. The van der Waals surface area contributed by atoms with Crippen molar-refractivity contribution in [1.29, 1.82) is 0 Å². The molecule has 3 unspecified atom stereocenters. The summed E-state index contributed by atoms with van der Waals surface area (Å²) >= 11 is 0. The molecule has 0 spiro atoms. The number of rotatable bonds is 27. The lowest BCUT2D eigenvalue weighted by atomic mass is 10.0. The first kappa shape index (κ1) is 34.8. The van der Waals surface area contributed by atoms with E-state index in [1.54, 1.807) is 0 Å². The lowest BCUT2D eigenvalue weighted by Gasteiger charge is -2.35. The minimum absolute atomic E-state index is 0.190. The topological polar surface area (TPSA) is 27.7 Å². The molecular formula is C30H62O3Si2. The Morgan fingerprint density at radius 2 is 1.00 bits per heavy atom. The number of hydrogen-bond acceptors (Lipinski definition) is 3. The Hall–Kier alpha value is -0.206. The van der Waals surface area contributed by atoms with E-state index in [0.29, 0.717) is 0 Å². The van der Waals surface area contributed by atoms with Crippen LogP contribution in [0.3, 0.4) is 0 Å². The molecule has 0 saturated heterocycles. The van der Waals surface area contributed by atoms with E-state index >= 15 is 0 Å². The van der Waals surface area contributed by atoms with Crippen molar-refractivity contribution in [2.75, 3.05) is 6.61 Å². The van der Waals surface area contributed by atoms with Crippen LogP contribution in [-0.2, 0) is 13.0 Å². The van der Waals surface area contributed by atoms with Crippen LogP contribution in [0.25, 0.3) is 0 Å². The molecule has 0 aliphatic heterocycles. The molecule has 0 rings (SSSR count). The van der Waals surface area contributed by atoms with Gasteiger partial charge in [0.05, 0.1) is 0 Å². The van der Waals surface area contributed by atoms with Crippen LogP contribution in [0.2, 0.25) is 13.1 Å². The molecule has 3 atom stereocenters. The summed E-state index contributed by atoms with van der Waals surface area (Å²) in [6, 6.07) is 0. The highest BCUT2D eigenvalue weighted by molar-refractivity contribution is 6.84. The van der Waals surface area contributed by atoms with Gasteiger partial charge in [-0.1, -0.05) is 134 Å². The molecule has 0 heterocycles. The van der Waals surface area contributed by atoms with Crippen LogP contribution >= 0.6 is 0 Å². The van der Waals surface area contributed by atoms with Gasteiger partial charge in [-0.25, -0.2) is 0 Å². The molecule has 0 aromatic rings. The monoisotopic (exact) mass is 526 g/mol. The van der Waals surface area contributed by atoms with Gasteiger partial charge in [-0.15, -0.1) is 13.2 Å². The van der Waals surface area contributed by atoms with Gasteiger partial charge in [0.15, 0.2) is 0 Å². The molecule has 0 amide bonds. The predicted octanol–water partition coefficient (Wildman–Crippen LogP) is 10.5. The molecule has 0 aromatic carbocycles. The standard InChI is InChI=1S/C30H62O3Si2/c1-8-12-14-15-16-17-18-19-20-21-22-23-24-25-27-29-31-34(6,10-3)33-35(7,11-4)32-30(5)28-26-13-9-2/h10-11,30H,3-4,8-9,12-29H2,1-2,5-7H3. The van der Waals surface area contributed by atoms with E-state index in [4.69, 9.17) is 13.0 Å². The zero-order valence-corrected chi connectivity index (χ0v) is 26.5. The molecule has 208 valence electrons. The minimum atomic E-state index is -2.48. The van der Waals surface area contributed by atoms with Crippen molar-refractivity contribution in [2.24, 2.45) is 0 Å². The molecule has 0 aromatic heterocycles. The Labute approximate surface area is 223 Å². The third-order valence-corrected chi connectivity index (χ3v) is 13.3. The van der Waals surface area contributed by atoms with Gasteiger partial charge in [0.2, 0.25) is 0 Å². The first-order valence-electron chi connectivity index (χ1n) is 15.1. The zero-order valence-electron chi connectivity index (χ0n) is 24.5. The lowest BCUT2D eigenvalue weighted by molar-refractivity contribution is 0.147. The average molecular weight is 527 g/mol. The maximum Gasteiger partial charge on any atom is 0.352 e. The van der Waals surface area contributed by atoms with E-state index < -0.39 is 17.1 Å². The van der Waals surface area contributed by atoms with Gasteiger partial charge < -0.3 is 13.0 Å². The smallest absolute Gasteiger partial charge is 0.352 e. The van der Waals surface area contributed by atoms with Crippen molar-refractivity contribution in [3.05, 3.63) is 24.6 Å². The van der Waals surface area contributed by atoms with Crippen molar-refractivity contribution < 1.29 is 13.0 Å². The van der Waals surface area contributed by atoms with Crippen LogP contribution in [-0.4, -0.2) is 29.8 Å². The normalized spacial score (nSPS) is 15.9. The van der Waals surface area contributed by atoms with Gasteiger partial charge in [-0.2, -0.15) is 0 Å². The molecule has 5 heteroatoms. The van der Waals surface area contributed by atoms with E-state index in [1.165, 1.54) is 109 Å². The Bertz CT molecular complexity index is 502. The summed E-state index contributed by atoms with van der Waals surface area (Å²) in [5.74, 6) is 0. The maximum absolute atomic E-state index is 6.52. The summed E-state index contributed by atoms with van der Waals surface area (Å²) in [7, 11) is -4.95. The van der Waals surface area contributed by atoms with Crippen molar-refractivity contribution >= 4 is 17.1 Å². The molecule has 0 aliphatic rings. The maximum atomic E-state index is 6.52. The van der Waals surface area contributed by atoms with Crippen molar-refractivity contribution in [1.82, 2.24) is 0 Å². The van der Waals surface area contributed by atoms with Gasteiger partial charge in [0.1, 0.15) is 0 Å². The molecule has 3 nitrogen and oxygen atoms in total. The Kier molecular flexibility index (Phi) is 22.8. The first-order chi connectivity index (χ1) is 16.8. The quantitative estimate of drug-likeness (QED) is 0.0786. The van der Waals surface area contributed by atoms with E-state index in [0.717, 1.165) is 19.4 Å². The fourth-order valence-corrected chi connectivity index (χ4v) is 10.5. The lowest BCUT2D eigenvalue weighted by Crippen LogP contribution is -2.51. The summed E-state index contributed by atoms with van der Waals surface area (Å²) in [5.41, 5.74) is 3.80. The van der Waals surface area contributed by atoms with Crippen LogP contribution in [0.5, 0.6) is 0 Å². The first-order valence-corrected chi connectivity index (χ1v) is 19.9. The van der Waals surface area contributed by atoms with Gasteiger partial charge in [0.25, 0.3) is 0 Å². The highest BCUT2D eigenvalue weighted by Crippen LogP contribution is 2.22. The van der Waals surface area contributed by atoms with Crippen LogP contribution in [0.15, 0.2) is 24.6 Å². The Morgan fingerprint density at radius 3 is 1.43 bits per heavy atom. The Balaban J connectivity index is 3.89. The van der Waals surface area contributed by atoms with Gasteiger partial charge >= 0.3 is 17.1 Å². The second-order valence-corrected chi connectivity index (χ2v) is 17.0. The van der Waals surface area contributed by atoms with Crippen LogP contribution < -0.4 is 0 Å². The van der Waals surface area contributed by atoms with Crippen molar-refractivity contribution in [3.63, 3.8) is 0 Å². The summed E-state index contributed by atoms with van der Waals surface area (Å²) < 4.78 is 19.2. The fourth-order valence-electron chi connectivity index (χ4n) is 4.53. The highest BCUT2D eigenvalue weighted by atomic mass is 28.5. The van der Waals surface area contributed by atoms with E-state index in [1.807, 2.05) is 11.4 Å². The highest BCUT2D eigenvalue weighted by Gasteiger charge is 2.40. The average Bonchev–Trinajstić information content (AvgIpc) is 2.83. The molecular weight excluding hydrogens is 464 g/mol. The molecule has 0 radical (unpaired) electrons. The fraction of sp³-hybridized carbons (Fsp3) is 0.867. The summed E-state index contributed by atoms with van der Waals surface area (Å²) in [4.78, 5) is 0. The summed E-state index contributed by atoms with van der Waals surface area (Å²) in [6.45, 7) is 19.6. The Morgan fingerprint density at radius 1 is 0.600 bits per heavy atom. The van der Waals surface area contributed by atoms with Gasteiger partial charge in [-0.3, -0.25) is 0 Å². The molecule has 0 saturated carbocycles. The third-order valence-electron chi connectivity index (χ3n) is 6.93. The van der Waals surface area contributed by atoms with Gasteiger partial charge in [-0.05, 0) is 32.9 Å². The molecule has 35 heavy (non-hydrogen) atoms. The second-order valence-electron chi connectivity index (χ2n) is 10.8. The second kappa shape index (κ2) is 23.0. The van der Waals surface area contributed by atoms with Crippen LogP contribution in [0, 0.1) is 0 Å². The zero-order chi connectivity index (χ0) is 26.3. The van der Waals surface area contributed by atoms with E-state index in [-0.39, 0.29) is 6.10 Å². The van der Waals surface area contributed by atoms with Gasteiger partial charge in [0, 0.05) is 12.7 Å². The molecule has 0 bridgehead atoms. The van der Waals surface area contributed by atoms with Crippen molar-refractivity contribution in [3.8, 4) is 0 Å². The van der Waals surface area contributed by atoms with Crippen molar-refractivity contribution in [2.45, 2.75) is 162 Å². The minimum Gasteiger partial charge on any atom is -0.409 e. The number of unbranched alkanes of at least 4 members (excludes halogenated alkanes) is 16. The number of hydrogen-bond donors (Lipinski definition) is 0. The van der Waals surface area contributed by atoms with E-state index in [2.05, 4.69) is 47.0 Å². The van der Waals surface area contributed by atoms with E-state index in [9.17, 15) is 0 Å². The largest absolute Gasteiger partial charge is 0.409 e.